The molecule has 2 saturated heterocycles. The molecule has 0 atom stereocenters. The second-order valence-electron chi connectivity index (χ2n) is 7.32. The monoisotopic (exact) mass is 411 g/mol. The number of hydrogen-bond acceptors (Lipinski definition) is 5. The highest BCUT2D eigenvalue weighted by Crippen LogP contribution is 2.31. The normalized spacial score (nSPS) is 18.2. The average Bonchev–Trinajstić information content (AvgIpc) is 3.22. The van der Waals surface area contributed by atoms with Crippen molar-refractivity contribution in [3.05, 3.63) is 24.3 Å². The van der Waals surface area contributed by atoms with Crippen LogP contribution >= 0.6 is 12.4 Å². The van der Waals surface area contributed by atoms with E-state index >= 15 is 0 Å². The van der Waals surface area contributed by atoms with Crippen LogP contribution in [0.5, 0.6) is 5.75 Å². The summed E-state index contributed by atoms with van der Waals surface area (Å²) in [6.07, 6.45) is 3.61. The maximum atomic E-state index is 12.9. The van der Waals surface area contributed by atoms with Crippen LogP contribution < -0.4 is 15.4 Å². The molecule has 2 aliphatic rings. The molecule has 28 heavy (non-hydrogen) atoms. The lowest BCUT2D eigenvalue weighted by Gasteiger charge is -2.35. The van der Waals surface area contributed by atoms with Gasteiger partial charge in [-0.3, -0.25) is 9.59 Å². The lowest BCUT2D eigenvalue weighted by molar-refractivity contribution is -0.132. The topological polar surface area (TPSA) is 79.9 Å². The Balaban J connectivity index is 0.00000280. The molecule has 2 amide bonds. The molecule has 0 spiro atoms. The Bertz CT molecular complexity index is 653. The number of rotatable bonds is 7. The minimum absolute atomic E-state index is 0. The van der Waals surface area contributed by atoms with E-state index in [1.165, 1.54) is 0 Å². The first-order valence-corrected chi connectivity index (χ1v) is 9.65. The third-order valence-corrected chi connectivity index (χ3v) is 5.38. The molecule has 1 aromatic rings. The Morgan fingerprint density at radius 3 is 2.61 bits per heavy atom. The van der Waals surface area contributed by atoms with Gasteiger partial charge < -0.3 is 25.0 Å². The molecule has 3 rings (SSSR count). The number of benzene rings is 1. The van der Waals surface area contributed by atoms with Crippen molar-refractivity contribution < 1.29 is 19.1 Å². The second kappa shape index (κ2) is 10.6. The van der Waals surface area contributed by atoms with E-state index in [4.69, 9.17) is 9.47 Å². The van der Waals surface area contributed by atoms with E-state index in [1.807, 2.05) is 17.0 Å². The summed E-state index contributed by atoms with van der Waals surface area (Å²) < 4.78 is 11.0. The van der Waals surface area contributed by atoms with Gasteiger partial charge in [0.2, 0.25) is 5.91 Å². The smallest absolute Gasteiger partial charge is 0.260 e. The fourth-order valence-electron chi connectivity index (χ4n) is 3.75. The van der Waals surface area contributed by atoms with Gasteiger partial charge in [0.25, 0.3) is 5.91 Å². The highest BCUT2D eigenvalue weighted by molar-refractivity contribution is 5.95. The number of nitrogens with zero attached hydrogens (tertiary/aromatic N) is 1. The van der Waals surface area contributed by atoms with Crippen LogP contribution in [-0.2, 0) is 14.3 Å². The van der Waals surface area contributed by atoms with Gasteiger partial charge in [-0.2, -0.15) is 0 Å². The Labute approximate surface area is 172 Å². The third kappa shape index (κ3) is 5.59. The summed E-state index contributed by atoms with van der Waals surface area (Å²) in [4.78, 5) is 26.9. The first kappa shape index (κ1) is 22.5. The first-order chi connectivity index (χ1) is 13.1. The maximum absolute atomic E-state index is 12.9. The molecule has 0 aliphatic carbocycles. The number of likely N-dealkylation sites (tertiary alicyclic amines) is 1. The van der Waals surface area contributed by atoms with Crippen LogP contribution in [0.15, 0.2) is 24.3 Å². The number of anilines is 1. The zero-order chi connectivity index (χ0) is 19.1. The van der Waals surface area contributed by atoms with E-state index in [0.29, 0.717) is 18.0 Å². The molecule has 1 aromatic carbocycles. The molecule has 0 radical (unpaired) electrons. The van der Waals surface area contributed by atoms with Gasteiger partial charge in [-0.05, 0) is 50.9 Å². The van der Waals surface area contributed by atoms with Crippen molar-refractivity contribution >= 4 is 29.9 Å². The zero-order valence-electron chi connectivity index (χ0n) is 16.4. The summed E-state index contributed by atoms with van der Waals surface area (Å²) in [5, 5.41) is 6.28. The SMILES string of the molecule is COCC1(C(=O)Nc2cccc(OCC(=O)N3CCCC3)c2)CCNCC1.Cl. The molecule has 156 valence electrons. The average molecular weight is 412 g/mol. The van der Waals surface area contributed by atoms with Crippen LogP contribution in [0, 0.1) is 5.41 Å². The fourth-order valence-corrected chi connectivity index (χ4v) is 3.75. The van der Waals surface area contributed by atoms with Crippen LogP contribution in [-0.4, -0.2) is 63.2 Å². The van der Waals surface area contributed by atoms with Crippen molar-refractivity contribution in [3.63, 3.8) is 0 Å². The zero-order valence-corrected chi connectivity index (χ0v) is 17.2. The van der Waals surface area contributed by atoms with E-state index in [2.05, 4.69) is 10.6 Å². The van der Waals surface area contributed by atoms with Crippen molar-refractivity contribution in [2.45, 2.75) is 25.7 Å². The van der Waals surface area contributed by atoms with Crippen LogP contribution in [0.4, 0.5) is 5.69 Å². The number of ether oxygens (including phenoxy) is 2. The summed E-state index contributed by atoms with van der Waals surface area (Å²) in [5.74, 6) is 0.554. The van der Waals surface area contributed by atoms with Crippen LogP contribution in [0.25, 0.3) is 0 Å². The first-order valence-electron chi connectivity index (χ1n) is 9.65. The van der Waals surface area contributed by atoms with Gasteiger partial charge in [-0.25, -0.2) is 0 Å². The molecular formula is C20H30ClN3O4. The predicted molar refractivity (Wildman–Crippen MR) is 110 cm³/mol. The summed E-state index contributed by atoms with van der Waals surface area (Å²) >= 11 is 0. The molecule has 2 heterocycles. The number of carbonyl (C=O) groups is 2. The highest BCUT2D eigenvalue weighted by atomic mass is 35.5. The maximum Gasteiger partial charge on any atom is 0.260 e. The largest absolute Gasteiger partial charge is 0.484 e. The standard InChI is InChI=1S/C20H29N3O4.ClH/c1-26-15-20(7-9-21-10-8-20)19(25)22-16-5-4-6-17(13-16)27-14-18(24)23-11-2-3-12-23;/h4-6,13,21H,2-3,7-12,14-15H2,1H3,(H,22,25);1H. The van der Waals surface area contributed by atoms with Crippen molar-refractivity contribution in [1.29, 1.82) is 0 Å². The van der Waals surface area contributed by atoms with Gasteiger partial charge in [0.1, 0.15) is 5.75 Å². The lowest BCUT2D eigenvalue weighted by Crippen LogP contribution is -2.47. The fraction of sp³-hybridized carbons (Fsp3) is 0.600. The quantitative estimate of drug-likeness (QED) is 0.718. The number of halogens is 1. The van der Waals surface area contributed by atoms with Crippen LogP contribution in [0.1, 0.15) is 25.7 Å². The summed E-state index contributed by atoms with van der Waals surface area (Å²) in [6, 6.07) is 7.20. The predicted octanol–water partition coefficient (Wildman–Crippen LogP) is 2.06. The van der Waals surface area contributed by atoms with Gasteiger partial charge in [0.05, 0.1) is 12.0 Å². The van der Waals surface area contributed by atoms with E-state index < -0.39 is 5.41 Å². The number of amides is 2. The number of carbonyl (C=O) groups excluding carboxylic acids is 2. The number of hydrogen-bond donors (Lipinski definition) is 2. The molecule has 0 aromatic heterocycles. The summed E-state index contributed by atoms with van der Waals surface area (Å²) in [5.41, 5.74) is 0.155. The van der Waals surface area contributed by atoms with Gasteiger partial charge in [0, 0.05) is 32.0 Å². The van der Waals surface area contributed by atoms with Gasteiger partial charge in [-0.1, -0.05) is 6.07 Å². The Morgan fingerprint density at radius 2 is 1.93 bits per heavy atom. The molecule has 2 aliphatic heterocycles. The number of nitrogens with one attached hydrogen (secondary N) is 2. The molecule has 2 N–H and O–H groups in total. The third-order valence-electron chi connectivity index (χ3n) is 5.38. The van der Waals surface area contributed by atoms with Gasteiger partial charge in [0.15, 0.2) is 6.61 Å². The summed E-state index contributed by atoms with van der Waals surface area (Å²) in [6.45, 7) is 3.66. The van der Waals surface area contributed by atoms with Crippen molar-refractivity contribution in [2.75, 3.05) is 51.8 Å². The van der Waals surface area contributed by atoms with Crippen LogP contribution in [0.3, 0.4) is 0 Å². The lowest BCUT2D eigenvalue weighted by atomic mass is 9.78. The van der Waals surface area contributed by atoms with Crippen LogP contribution in [0.2, 0.25) is 0 Å². The van der Waals surface area contributed by atoms with Crippen molar-refractivity contribution in [2.24, 2.45) is 5.41 Å². The minimum Gasteiger partial charge on any atom is -0.484 e. The molecule has 8 heteroatoms. The van der Waals surface area contributed by atoms with E-state index in [9.17, 15) is 9.59 Å². The molecule has 0 bridgehead atoms. The summed E-state index contributed by atoms with van der Waals surface area (Å²) in [7, 11) is 1.63. The van der Waals surface area contributed by atoms with Crippen molar-refractivity contribution in [1.82, 2.24) is 10.2 Å². The Hall–Kier alpha value is -1.83. The molecule has 2 fully saturated rings. The van der Waals surface area contributed by atoms with Gasteiger partial charge >= 0.3 is 0 Å². The highest BCUT2D eigenvalue weighted by Gasteiger charge is 2.39. The Kier molecular flexibility index (Phi) is 8.54. The Morgan fingerprint density at radius 1 is 1.21 bits per heavy atom. The van der Waals surface area contributed by atoms with Gasteiger partial charge in [-0.15, -0.1) is 12.4 Å². The number of methoxy groups -OCH3 is 1. The van der Waals surface area contributed by atoms with Crippen molar-refractivity contribution in [3.8, 4) is 5.75 Å². The molecule has 0 unspecified atom stereocenters. The van der Waals surface area contributed by atoms with E-state index in [-0.39, 0.29) is 30.8 Å². The minimum atomic E-state index is -0.511. The van der Waals surface area contributed by atoms with E-state index in [0.717, 1.165) is 51.9 Å². The second-order valence-corrected chi connectivity index (χ2v) is 7.32. The number of piperidine rings is 1. The molecule has 7 nitrogen and oxygen atoms in total. The molecule has 0 saturated carbocycles. The molecular weight excluding hydrogens is 382 g/mol. The van der Waals surface area contributed by atoms with E-state index in [1.54, 1.807) is 19.2 Å².